The number of ether oxygens (including phenoxy) is 2. The molecule has 218 valence electrons. The lowest BCUT2D eigenvalue weighted by Crippen LogP contribution is -2.39. The molecule has 0 atom stereocenters. The van der Waals surface area contributed by atoms with E-state index in [1.54, 1.807) is 66.7 Å². The molecule has 13 heteroatoms. The van der Waals surface area contributed by atoms with Gasteiger partial charge in [0.25, 0.3) is 15.9 Å². The van der Waals surface area contributed by atoms with Crippen molar-refractivity contribution in [3.8, 4) is 11.5 Å². The minimum atomic E-state index is -4.11. The second kappa shape index (κ2) is 14.3. The molecule has 0 aliphatic heterocycles. The lowest BCUT2D eigenvalue weighted by atomic mass is 10.2. The average Bonchev–Trinajstić information content (AvgIpc) is 2.97. The number of carbonyl (C=O) groups is 1. The van der Waals surface area contributed by atoms with Crippen LogP contribution in [-0.4, -0.2) is 34.2 Å². The number of para-hydroxylation sites is 1. The van der Waals surface area contributed by atoms with Gasteiger partial charge in [-0.2, -0.15) is 5.10 Å². The van der Waals surface area contributed by atoms with E-state index < -0.39 is 22.5 Å². The van der Waals surface area contributed by atoms with Gasteiger partial charge in [-0.3, -0.25) is 9.10 Å². The number of sulfonamides is 1. The quantitative estimate of drug-likeness (QED) is 0.130. The van der Waals surface area contributed by atoms with Gasteiger partial charge in [0.15, 0.2) is 11.5 Å². The molecule has 8 nitrogen and oxygen atoms in total. The van der Waals surface area contributed by atoms with E-state index in [1.165, 1.54) is 31.5 Å². The fraction of sp³-hybridized carbons (Fsp3) is 0.103. The highest BCUT2D eigenvalue weighted by Gasteiger charge is 2.28. The van der Waals surface area contributed by atoms with Crippen molar-refractivity contribution in [2.75, 3.05) is 18.0 Å². The van der Waals surface area contributed by atoms with Crippen LogP contribution < -0.4 is 19.2 Å². The normalized spacial score (nSPS) is 11.4. The summed E-state index contributed by atoms with van der Waals surface area (Å²) in [5, 5.41) is 5.17. The van der Waals surface area contributed by atoms with Gasteiger partial charge in [-0.05, 0) is 70.0 Å². The van der Waals surface area contributed by atoms with Crippen LogP contribution in [0.25, 0.3) is 0 Å². The molecule has 0 bridgehead atoms. The zero-order valence-corrected chi connectivity index (χ0v) is 26.6. The number of amides is 1. The van der Waals surface area contributed by atoms with Gasteiger partial charge < -0.3 is 9.47 Å². The number of rotatable bonds is 11. The van der Waals surface area contributed by atoms with E-state index in [0.717, 1.165) is 9.87 Å². The number of methoxy groups -OCH3 is 1. The largest absolute Gasteiger partial charge is 0.493 e. The van der Waals surface area contributed by atoms with E-state index in [1.807, 2.05) is 0 Å². The summed E-state index contributed by atoms with van der Waals surface area (Å²) in [5.74, 6) is 0.156. The maximum absolute atomic E-state index is 13.4. The van der Waals surface area contributed by atoms with E-state index in [-0.39, 0.29) is 22.2 Å². The van der Waals surface area contributed by atoms with E-state index in [9.17, 15) is 13.2 Å². The monoisotopic (exact) mass is 709 g/mol. The van der Waals surface area contributed by atoms with E-state index in [4.69, 9.17) is 44.3 Å². The predicted molar refractivity (Wildman–Crippen MR) is 170 cm³/mol. The summed E-state index contributed by atoms with van der Waals surface area (Å²) in [6, 6.07) is 22.6. The number of nitrogens with zero attached hydrogens (tertiary/aromatic N) is 2. The third kappa shape index (κ3) is 7.76. The zero-order chi connectivity index (χ0) is 30.3. The van der Waals surface area contributed by atoms with Crippen LogP contribution in [0.4, 0.5) is 5.69 Å². The average molecular weight is 712 g/mol. The maximum atomic E-state index is 13.4. The Morgan fingerprint density at radius 3 is 2.38 bits per heavy atom. The molecule has 0 aliphatic rings. The molecule has 0 fully saturated rings. The molecule has 0 saturated heterocycles. The second-order valence-electron chi connectivity index (χ2n) is 8.63. The van der Waals surface area contributed by atoms with Crippen molar-refractivity contribution in [2.24, 2.45) is 5.10 Å². The first-order chi connectivity index (χ1) is 20.1. The molecule has 0 radical (unpaired) electrons. The van der Waals surface area contributed by atoms with Crippen LogP contribution in [0.15, 0.2) is 99.4 Å². The number of anilines is 1. The van der Waals surface area contributed by atoms with Crippen LogP contribution in [0, 0.1) is 0 Å². The molecule has 0 heterocycles. The van der Waals surface area contributed by atoms with E-state index in [0.29, 0.717) is 31.6 Å². The van der Waals surface area contributed by atoms with Gasteiger partial charge in [0.05, 0.1) is 33.4 Å². The molecule has 0 unspecified atom stereocenters. The Hall–Kier alpha value is -3.28. The molecule has 0 spiro atoms. The summed E-state index contributed by atoms with van der Waals surface area (Å²) in [5.41, 5.74) is 3.84. The molecule has 4 rings (SSSR count). The standard InChI is InChI=1S/C29H23BrCl3N3O5S/c1-40-27-14-19(13-23(30)29(27)41-18-20-11-12-21(31)15-25(20)33)16-34-35-28(37)17-36(26-10-6-5-9-24(26)32)42(38,39)22-7-3-2-4-8-22/h2-16H,17-18H2,1H3,(H,35,37)/b34-16-. The Morgan fingerprint density at radius 2 is 1.69 bits per heavy atom. The molecular weight excluding hydrogens is 689 g/mol. The Morgan fingerprint density at radius 1 is 0.976 bits per heavy atom. The maximum Gasteiger partial charge on any atom is 0.264 e. The van der Waals surface area contributed by atoms with Gasteiger partial charge in [0.1, 0.15) is 13.2 Å². The Bertz CT molecular complexity index is 1720. The smallest absolute Gasteiger partial charge is 0.264 e. The fourth-order valence-corrected chi connectivity index (χ4v) is 6.55. The lowest BCUT2D eigenvalue weighted by molar-refractivity contribution is -0.119. The Labute approximate surface area is 267 Å². The number of benzene rings is 4. The first-order valence-corrected chi connectivity index (χ1v) is 15.6. The number of hydrogen-bond acceptors (Lipinski definition) is 6. The minimum Gasteiger partial charge on any atom is -0.493 e. The fourth-order valence-electron chi connectivity index (χ4n) is 3.76. The van der Waals surface area contributed by atoms with Crippen molar-refractivity contribution in [3.63, 3.8) is 0 Å². The number of nitrogens with one attached hydrogen (secondary N) is 1. The van der Waals surface area contributed by atoms with Crippen molar-refractivity contribution in [3.05, 3.63) is 116 Å². The third-order valence-corrected chi connectivity index (χ3v) is 9.05. The molecule has 0 aliphatic carbocycles. The van der Waals surface area contributed by atoms with Crippen molar-refractivity contribution in [1.29, 1.82) is 0 Å². The number of hydrazone groups is 1. The highest BCUT2D eigenvalue weighted by atomic mass is 79.9. The first kappa shape index (κ1) is 31.7. The molecule has 4 aromatic rings. The summed E-state index contributed by atoms with van der Waals surface area (Å²) in [4.78, 5) is 12.9. The topological polar surface area (TPSA) is 97.3 Å². The van der Waals surface area contributed by atoms with Crippen LogP contribution in [0.2, 0.25) is 15.1 Å². The summed E-state index contributed by atoms with van der Waals surface area (Å²) in [6.07, 6.45) is 1.39. The van der Waals surface area contributed by atoms with Gasteiger partial charge in [-0.1, -0.05) is 71.2 Å². The summed E-state index contributed by atoms with van der Waals surface area (Å²) >= 11 is 22.0. The highest BCUT2D eigenvalue weighted by Crippen LogP contribution is 2.37. The second-order valence-corrected chi connectivity index (χ2v) is 12.6. The van der Waals surface area contributed by atoms with Crippen LogP contribution in [0.3, 0.4) is 0 Å². The van der Waals surface area contributed by atoms with Crippen molar-refractivity contribution in [2.45, 2.75) is 11.5 Å². The number of hydrogen-bond donors (Lipinski definition) is 1. The molecular formula is C29H23BrCl3N3O5S. The Kier molecular flexibility index (Phi) is 10.7. The van der Waals surface area contributed by atoms with Gasteiger partial charge in [0, 0.05) is 15.6 Å². The zero-order valence-electron chi connectivity index (χ0n) is 21.9. The number of halogens is 4. The SMILES string of the molecule is COc1cc(/C=N\NC(=O)CN(c2ccccc2Cl)S(=O)(=O)c2ccccc2)cc(Br)c1OCc1ccc(Cl)cc1Cl. The number of carbonyl (C=O) groups excluding carboxylic acids is 1. The van der Waals surface area contributed by atoms with Gasteiger partial charge in [0.2, 0.25) is 0 Å². The van der Waals surface area contributed by atoms with Gasteiger partial charge in [-0.15, -0.1) is 0 Å². The summed E-state index contributed by atoms with van der Waals surface area (Å²) in [7, 11) is -2.62. The molecule has 0 saturated carbocycles. The summed E-state index contributed by atoms with van der Waals surface area (Å²) in [6.45, 7) is -0.395. The van der Waals surface area contributed by atoms with Crippen LogP contribution in [0.1, 0.15) is 11.1 Å². The third-order valence-electron chi connectivity index (χ3n) is 5.78. The van der Waals surface area contributed by atoms with Crippen molar-refractivity contribution in [1.82, 2.24) is 5.43 Å². The molecule has 42 heavy (non-hydrogen) atoms. The summed E-state index contributed by atoms with van der Waals surface area (Å²) < 4.78 is 39.8. The van der Waals surface area contributed by atoms with Gasteiger partial charge in [-0.25, -0.2) is 13.8 Å². The Balaban J connectivity index is 1.49. The van der Waals surface area contributed by atoms with Crippen LogP contribution >= 0.6 is 50.7 Å². The van der Waals surface area contributed by atoms with Crippen LogP contribution in [-0.2, 0) is 21.4 Å². The highest BCUT2D eigenvalue weighted by molar-refractivity contribution is 9.10. The minimum absolute atomic E-state index is 0.0128. The van der Waals surface area contributed by atoms with E-state index >= 15 is 0 Å². The van der Waals surface area contributed by atoms with Gasteiger partial charge >= 0.3 is 0 Å². The molecule has 1 N–H and O–H groups in total. The molecule has 1 amide bonds. The van der Waals surface area contributed by atoms with Crippen LogP contribution in [0.5, 0.6) is 11.5 Å². The van der Waals surface area contributed by atoms with Crippen molar-refractivity contribution < 1.29 is 22.7 Å². The first-order valence-electron chi connectivity index (χ1n) is 12.2. The molecule has 4 aromatic carbocycles. The van der Waals surface area contributed by atoms with Crippen molar-refractivity contribution >= 4 is 78.6 Å². The van der Waals surface area contributed by atoms with E-state index in [2.05, 4.69) is 26.5 Å². The lowest BCUT2D eigenvalue weighted by Gasteiger charge is -2.24. The predicted octanol–water partition coefficient (Wildman–Crippen LogP) is 7.34. The molecule has 0 aromatic heterocycles.